The lowest BCUT2D eigenvalue weighted by Crippen LogP contribution is -2.52. The highest BCUT2D eigenvalue weighted by molar-refractivity contribution is 7.91. The molecular weight excluding hydrogens is 192 g/mol. The van der Waals surface area contributed by atoms with Gasteiger partial charge in [0.2, 0.25) is 0 Å². The Morgan fingerprint density at radius 2 is 2.15 bits per heavy atom. The Bertz CT molecular complexity index is 338. The number of carbonyl (C=O) groups excluding carboxylic acids is 1. The Morgan fingerprint density at radius 3 is 2.69 bits per heavy atom. The normalized spacial score (nSPS) is 37.1. The number of hydrogen-bond acceptors (Lipinski definition) is 3. The zero-order chi connectivity index (χ0) is 9.53. The van der Waals surface area contributed by atoms with Crippen LogP contribution >= 0.6 is 0 Å². The van der Waals surface area contributed by atoms with Gasteiger partial charge in [0.05, 0.1) is 17.0 Å². The van der Waals surface area contributed by atoms with Crippen molar-refractivity contribution in [2.24, 2.45) is 0 Å². The lowest BCUT2D eigenvalue weighted by atomic mass is 9.97. The molecule has 13 heavy (non-hydrogen) atoms. The van der Waals surface area contributed by atoms with E-state index in [1.54, 1.807) is 0 Å². The zero-order valence-electron chi connectivity index (χ0n) is 7.17. The molecule has 0 saturated carbocycles. The predicted molar refractivity (Wildman–Crippen MR) is 47.2 cm³/mol. The van der Waals surface area contributed by atoms with E-state index in [0.29, 0.717) is 13.0 Å². The van der Waals surface area contributed by atoms with Crippen LogP contribution in [0.4, 0.5) is 4.79 Å². The number of rotatable bonds is 0. The second-order valence-electron chi connectivity index (χ2n) is 3.78. The van der Waals surface area contributed by atoms with Crippen LogP contribution in [0.15, 0.2) is 0 Å². The van der Waals surface area contributed by atoms with Crippen molar-refractivity contribution in [3.05, 3.63) is 0 Å². The van der Waals surface area contributed by atoms with Crippen molar-refractivity contribution in [1.29, 1.82) is 0 Å². The van der Waals surface area contributed by atoms with E-state index in [2.05, 4.69) is 10.6 Å². The Hall–Kier alpha value is -0.780. The smallest absolute Gasteiger partial charge is 0.315 e. The van der Waals surface area contributed by atoms with Gasteiger partial charge >= 0.3 is 6.03 Å². The summed E-state index contributed by atoms with van der Waals surface area (Å²) in [4.78, 5) is 10.9. The number of amides is 2. The predicted octanol–water partition coefficient (Wildman–Crippen LogP) is -0.753. The van der Waals surface area contributed by atoms with Crippen LogP contribution in [-0.2, 0) is 9.84 Å². The van der Waals surface area contributed by atoms with Gasteiger partial charge in [0, 0.05) is 6.54 Å². The van der Waals surface area contributed by atoms with E-state index >= 15 is 0 Å². The molecule has 2 amide bonds. The van der Waals surface area contributed by atoms with Crippen molar-refractivity contribution in [3.8, 4) is 0 Å². The van der Waals surface area contributed by atoms with Crippen LogP contribution in [0.25, 0.3) is 0 Å². The van der Waals surface area contributed by atoms with Gasteiger partial charge in [-0.25, -0.2) is 13.2 Å². The highest BCUT2D eigenvalue weighted by Crippen LogP contribution is 2.24. The van der Waals surface area contributed by atoms with Crippen LogP contribution in [0.1, 0.15) is 12.8 Å². The third-order valence-electron chi connectivity index (χ3n) is 2.57. The summed E-state index contributed by atoms with van der Waals surface area (Å²) in [6.45, 7) is 0.436. The van der Waals surface area contributed by atoms with Crippen molar-refractivity contribution in [3.63, 3.8) is 0 Å². The Labute approximate surface area is 76.8 Å². The minimum atomic E-state index is -2.95. The Morgan fingerprint density at radius 1 is 1.38 bits per heavy atom. The second-order valence-corrected chi connectivity index (χ2v) is 5.97. The SMILES string of the molecule is O=C1NCC2(CCCS(=O)(=O)C2)N1. The quantitative estimate of drug-likeness (QED) is 0.545. The molecule has 2 rings (SSSR count). The molecule has 2 fully saturated rings. The van der Waals surface area contributed by atoms with Gasteiger partial charge in [-0.1, -0.05) is 0 Å². The molecule has 0 aliphatic carbocycles. The van der Waals surface area contributed by atoms with E-state index in [0.717, 1.165) is 6.42 Å². The maximum absolute atomic E-state index is 11.3. The molecule has 2 aliphatic heterocycles. The van der Waals surface area contributed by atoms with Crippen LogP contribution in [0, 0.1) is 0 Å². The lowest BCUT2D eigenvalue weighted by Gasteiger charge is -2.31. The van der Waals surface area contributed by atoms with Crippen molar-refractivity contribution in [2.45, 2.75) is 18.4 Å². The first-order valence-electron chi connectivity index (χ1n) is 4.28. The fourth-order valence-electron chi connectivity index (χ4n) is 2.01. The number of urea groups is 1. The van der Waals surface area contributed by atoms with Gasteiger partial charge in [-0.15, -0.1) is 0 Å². The van der Waals surface area contributed by atoms with E-state index in [-0.39, 0.29) is 17.5 Å². The lowest BCUT2D eigenvalue weighted by molar-refractivity contribution is 0.244. The molecule has 0 aromatic rings. The maximum atomic E-state index is 11.3. The fourth-order valence-corrected chi connectivity index (χ4v) is 3.90. The summed E-state index contributed by atoms with van der Waals surface area (Å²) < 4.78 is 22.7. The monoisotopic (exact) mass is 204 g/mol. The number of nitrogens with one attached hydrogen (secondary N) is 2. The molecular formula is C7H12N2O3S. The first kappa shape index (κ1) is 8.80. The second kappa shape index (κ2) is 2.60. The summed E-state index contributed by atoms with van der Waals surface area (Å²) in [7, 11) is -2.95. The van der Waals surface area contributed by atoms with E-state index in [4.69, 9.17) is 0 Å². The molecule has 0 aromatic carbocycles. The standard InChI is InChI=1S/C7H12N2O3S/c10-6-8-4-7(9-6)2-1-3-13(11,12)5-7/h1-5H2,(H2,8,9,10). The number of carbonyl (C=O) groups is 1. The molecule has 2 heterocycles. The molecule has 6 heteroatoms. The summed E-state index contributed by atoms with van der Waals surface area (Å²) >= 11 is 0. The molecule has 74 valence electrons. The fraction of sp³-hybridized carbons (Fsp3) is 0.857. The summed E-state index contributed by atoms with van der Waals surface area (Å²) in [6, 6.07) is -0.253. The van der Waals surface area contributed by atoms with Crippen LogP contribution < -0.4 is 10.6 Å². The van der Waals surface area contributed by atoms with Gasteiger partial charge in [0.25, 0.3) is 0 Å². The molecule has 2 saturated heterocycles. The first-order chi connectivity index (χ1) is 6.02. The summed E-state index contributed by atoms with van der Waals surface area (Å²) in [5, 5.41) is 5.30. The van der Waals surface area contributed by atoms with E-state index < -0.39 is 15.4 Å². The van der Waals surface area contributed by atoms with E-state index in [1.807, 2.05) is 0 Å². The number of sulfone groups is 1. The third kappa shape index (κ3) is 1.63. The zero-order valence-corrected chi connectivity index (χ0v) is 7.99. The highest BCUT2D eigenvalue weighted by atomic mass is 32.2. The molecule has 1 spiro atoms. The van der Waals surface area contributed by atoms with Crippen LogP contribution in [-0.4, -0.2) is 38.0 Å². The molecule has 5 nitrogen and oxygen atoms in total. The minimum absolute atomic E-state index is 0.0821. The average molecular weight is 204 g/mol. The van der Waals surface area contributed by atoms with Gasteiger partial charge < -0.3 is 10.6 Å². The van der Waals surface area contributed by atoms with Gasteiger partial charge in [-0.3, -0.25) is 0 Å². The number of hydrogen-bond donors (Lipinski definition) is 2. The molecule has 2 N–H and O–H groups in total. The Balaban J connectivity index is 2.20. The molecule has 0 radical (unpaired) electrons. The van der Waals surface area contributed by atoms with Gasteiger partial charge in [-0.05, 0) is 12.8 Å². The van der Waals surface area contributed by atoms with Crippen LogP contribution in [0.3, 0.4) is 0 Å². The summed E-state index contributed by atoms with van der Waals surface area (Å²) in [6.07, 6.45) is 1.40. The largest absolute Gasteiger partial charge is 0.336 e. The Kier molecular flexibility index (Phi) is 1.76. The van der Waals surface area contributed by atoms with Gasteiger partial charge in [0.1, 0.15) is 0 Å². The van der Waals surface area contributed by atoms with Crippen molar-refractivity contribution in [1.82, 2.24) is 10.6 Å². The van der Waals surface area contributed by atoms with Crippen LogP contribution in [0.2, 0.25) is 0 Å². The van der Waals surface area contributed by atoms with Crippen molar-refractivity contribution < 1.29 is 13.2 Å². The molecule has 1 atom stereocenters. The molecule has 0 bridgehead atoms. The van der Waals surface area contributed by atoms with Crippen LogP contribution in [0.5, 0.6) is 0 Å². The van der Waals surface area contributed by atoms with Crippen molar-refractivity contribution >= 4 is 15.9 Å². The van der Waals surface area contributed by atoms with Crippen molar-refractivity contribution in [2.75, 3.05) is 18.1 Å². The molecule has 2 aliphatic rings. The highest BCUT2D eigenvalue weighted by Gasteiger charge is 2.43. The minimum Gasteiger partial charge on any atom is -0.336 e. The maximum Gasteiger partial charge on any atom is 0.315 e. The molecule has 0 aromatic heterocycles. The third-order valence-corrected chi connectivity index (χ3v) is 4.48. The summed E-state index contributed by atoms with van der Waals surface area (Å²) in [5.41, 5.74) is -0.520. The molecule has 1 unspecified atom stereocenters. The van der Waals surface area contributed by atoms with E-state index in [1.165, 1.54) is 0 Å². The average Bonchev–Trinajstić information content (AvgIpc) is 2.29. The van der Waals surface area contributed by atoms with E-state index in [9.17, 15) is 13.2 Å². The topological polar surface area (TPSA) is 75.3 Å². The van der Waals surface area contributed by atoms with Gasteiger partial charge in [0.15, 0.2) is 9.84 Å². The first-order valence-corrected chi connectivity index (χ1v) is 6.10. The van der Waals surface area contributed by atoms with Gasteiger partial charge in [-0.2, -0.15) is 0 Å². The summed E-state index contributed by atoms with van der Waals surface area (Å²) in [5.74, 6) is 0.337.